The Morgan fingerprint density at radius 2 is 1.96 bits per heavy atom. The second kappa shape index (κ2) is 9.77. The number of aromatic hydroxyl groups is 1. The quantitative estimate of drug-likeness (QED) is 0.294. The molecule has 2 aromatic rings. The van der Waals surface area contributed by atoms with Gasteiger partial charge in [0.1, 0.15) is 5.75 Å². The third-order valence-electron chi connectivity index (χ3n) is 3.67. The van der Waals surface area contributed by atoms with Gasteiger partial charge in [0.25, 0.3) is 0 Å². The first-order valence-electron chi connectivity index (χ1n) is 8.27. The highest BCUT2D eigenvalue weighted by Crippen LogP contribution is 2.31. The van der Waals surface area contributed by atoms with Crippen LogP contribution in [0.3, 0.4) is 0 Å². The number of allylic oxidation sites excluding steroid dienone is 1. The third-order valence-corrected chi connectivity index (χ3v) is 3.67. The molecule has 28 heavy (non-hydrogen) atoms. The van der Waals surface area contributed by atoms with Gasteiger partial charge in [-0.1, -0.05) is 12.1 Å². The minimum absolute atomic E-state index is 0.0150. The molecule has 0 bridgehead atoms. The number of nitrogens with zero attached hydrogens (tertiary/aromatic N) is 1. The highest BCUT2D eigenvalue weighted by Gasteiger charge is 2.13. The molecule has 0 spiro atoms. The summed E-state index contributed by atoms with van der Waals surface area (Å²) in [6.45, 7) is 3.64. The first-order valence-corrected chi connectivity index (χ1v) is 8.27. The van der Waals surface area contributed by atoms with Gasteiger partial charge in [-0.15, -0.1) is 6.58 Å². The lowest BCUT2D eigenvalue weighted by molar-refractivity contribution is -0.136. The molecule has 0 saturated carbocycles. The smallest absolute Gasteiger partial charge is 0.329 e. The average Bonchev–Trinajstić information content (AvgIpc) is 2.70. The molecule has 2 aromatic carbocycles. The lowest BCUT2D eigenvalue weighted by Crippen LogP contribution is -2.32. The molecule has 0 atom stereocenters. The molecule has 0 radical (unpaired) electrons. The zero-order valence-corrected chi connectivity index (χ0v) is 15.6. The molecule has 146 valence electrons. The second-order valence-corrected chi connectivity index (χ2v) is 5.61. The largest absolute Gasteiger partial charge is 0.504 e. The Balaban J connectivity index is 2.03. The number of methoxy groups -OCH3 is 2. The zero-order chi connectivity index (χ0) is 20.5. The fourth-order valence-corrected chi connectivity index (χ4v) is 2.34. The number of hydrazone groups is 1. The molecule has 0 heterocycles. The van der Waals surface area contributed by atoms with E-state index in [2.05, 4.69) is 22.4 Å². The Kier molecular flexibility index (Phi) is 7.15. The molecule has 0 fully saturated rings. The van der Waals surface area contributed by atoms with Crippen molar-refractivity contribution in [2.75, 3.05) is 19.5 Å². The van der Waals surface area contributed by atoms with Crippen molar-refractivity contribution in [3.63, 3.8) is 0 Å². The number of anilines is 1. The fourth-order valence-electron chi connectivity index (χ4n) is 2.34. The van der Waals surface area contributed by atoms with Crippen molar-refractivity contribution >= 4 is 23.7 Å². The molecule has 0 saturated heterocycles. The first kappa shape index (κ1) is 20.5. The number of carbonyl (C=O) groups excluding carboxylic acids is 2. The maximum absolute atomic E-state index is 11.9. The maximum Gasteiger partial charge on any atom is 0.329 e. The van der Waals surface area contributed by atoms with E-state index in [0.717, 1.165) is 0 Å². The van der Waals surface area contributed by atoms with Gasteiger partial charge in [0, 0.05) is 17.3 Å². The summed E-state index contributed by atoms with van der Waals surface area (Å²) in [6, 6.07) is 9.83. The predicted octanol–water partition coefficient (Wildman–Crippen LogP) is 2.23. The van der Waals surface area contributed by atoms with Crippen molar-refractivity contribution in [1.29, 1.82) is 0 Å². The van der Waals surface area contributed by atoms with Gasteiger partial charge < -0.3 is 19.9 Å². The molecule has 0 aromatic heterocycles. The Morgan fingerprint density at radius 1 is 1.18 bits per heavy atom. The van der Waals surface area contributed by atoms with Crippen LogP contribution in [0.4, 0.5) is 5.69 Å². The number of phenolic OH excluding ortho intramolecular Hbond substituents is 1. The van der Waals surface area contributed by atoms with Crippen molar-refractivity contribution in [1.82, 2.24) is 5.43 Å². The highest BCUT2D eigenvalue weighted by atomic mass is 16.5. The van der Waals surface area contributed by atoms with Gasteiger partial charge in [-0.3, -0.25) is 9.59 Å². The molecular weight excluding hydrogens is 362 g/mol. The number of hydrogen-bond acceptors (Lipinski definition) is 6. The van der Waals surface area contributed by atoms with Crippen LogP contribution in [0.25, 0.3) is 0 Å². The van der Waals surface area contributed by atoms with Crippen LogP contribution in [0.2, 0.25) is 0 Å². The summed E-state index contributed by atoms with van der Waals surface area (Å²) < 4.78 is 10.2. The topological polar surface area (TPSA) is 109 Å². The number of benzene rings is 2. The van der Waals surface area contributed by atoms with Crippen LogP contribution in [-0.4, -0.2) is 37.4 Å². The SMILES string of the molecule is C=CCc1cc(/C=N/NC(=O)C(=O)Nc2cccc(OC)c2)cc(OC)c1O. The number of phenols is 1. The molecule has 0 unspecified atom stereocenters. The Labute approximate surface area is 162 Å². The van der Waals surface area contributed by atoms with Gasteiger partial charge in [-0.05, 0) is 36.2 Å². The van der Waals surface area contributed by atoms with Crippen LogP contribution in [-0.2, 0) is 16.0 Å². The number of nitrogens with one attached hydrogen (secondary N) is 2. The van der Waals surface area contributed by atoms with E-state index >= 15 is 0 Å². The Bertz CT molecular complexity index is 909. The van der Waals surface area contributed by atoms with E-state index in [4.69, 9.17) is 9.47 Å². The van der Waals surface area contributed by atoms with E-state index in [-0.39, 0.29) is 11.5 Å². The summed E-state index contributed by atoms with van der Waals surface area (Å²) in [5.74, 6) is -0.978. The van der Waals surface area contributed by atoms with E-state index < -0.39 is 11.8 Å². The van der Waals surface area contributed by atoms with Crippen LogP contribution in [0.15, 0.2) is 54.2 Å². The molecule has 0 aliphatic rings. The molecule has 3 N–H and O–H groups in total. The standard InChI is InChI=1S/C20H21N3O5/c1-4-6-14-9-13(10-17(28-3)18(14)24)12-21-23-20(26)19(25)22-15-7-5-8-16(11-15)27-2/h4-5,7-12,24H,1,6H2,2-3H3,(H,22,25)(H,23,26)/b21-12+. The van der Waals surface area contributed by atoms with Crippen LogP contribution in [0, 0.1) is 0 Å². The summed E-state index contributed by atoms with van der Waals surface area (Å²) in [7, 11) is 2.93. The molecule has 2 rings (SSSR count). The zero-order valence-electron chi connectivity index (χ0n) is 15.6. The van der Waals surface area contributed by atoms with E-state index in [1.165, 1.54) is 20.4 Å². The normalized spacial score (nSPS) is 10.4. The van der Waals surface area contributed by atoms with Gasteiger partial charge in [-0.25, -0.2) is 5.43 Å². The maximum atomic E-state index is 11.9. The van der Waals surface area contributed by atoms with Gasteiger partial charge >= 0.3 is 11.8 Å². The molecule has 0 aliphatic heterocycles. The van der Waals surface area contributed by atoms with Crippen molar-refractivity contribution < 1.29 is 24.2 Å². The average molecular weight is 383 g/mol. The number of ether oxygens (including phenoxy) is 2. The van der Waals surface area contributed by atoms with Crippen molar-refractivity contribution in [2.24, 2.45) is 5.10 Å². The lowest BCUT2D eigenvalue weighted by atomic mass is 10.1. The fraction of sp³-hybridized carbons (Fsp3) is 0.150. The number of carbonyl (C=O) groups is 2. The monoisotopic (exact) mass is 383 g/mol. The van der Waals surface area contributed by atoms with E-state index in [1.54, 1.807) is 42.5 Å². The van der Waals surface area contributed by atoms with Gasteiger partial charge in [0.05, 0.1) is 20.4 Å². The van der Waals surface area contributed by atoms with E-state index in [1.807, 2.05) is 0 Å². The summed E-state index contributed by atoms with van der Waals surface area (Å²) in [4.78, 5) is 23.8. The van der Waals surface area contributed by atoms with E-state index in [9.17, 15) is 14.7 Å². The lowest BCUT2D eigenvalue weighted by Gasteiger charge is -2.09. The van der Waals surface area contributed by atoms with E-state index in [0.29, 0.717) is 29.0 Å². The van der Waals surface area contributed by atoms with Crippen molar-refractivity contribution in [2.45, 2.75) is 6.42 Å². The summed E-state index contributed by atoms with van der Waals surface area (Å²) in [6.07, 6.45) is 3.41. The molecule has 8 heteroatoms. The minimum atomic E-state index is -0.934. The predicted molar refractivity (Wildman–Crippen MR) is 106 cm³/mol. The molecule has 0 aliphatic carbocycles. The summed E-state index contributed by atoms with van der Waals surface area (Å²) in [5.41, 5.74) is 3.73. The molecular formula is C20H21N3O5. The number of hydrogen-bond donors (Lipinski definition) is 3. The second-order valence-electron chi connectivity index (χ2n) is 5.61. The van der Waals surface area contributed by atoms with Crippen LogP contribution < -0.4 is 20.2 Å². The highest BCUT2D eigenvalue weighted by molar-refractivity contribution is 6.39. The van der Waals surface area contributed by atoms with Gasteiger partial charge in [0.15, 0.2) is 11.5 Å². The third kappa shape index (κ3) is 5.34. The minimum Gasteiger partial charge on any atom is -0.504 e. The van der Waals surface area contributed by atoms with Gasteiger partial charge in [-0.2, -0.15) is 5.10 Å². The van der Waals surface area contributed by atoms with Crippen LogP contribution >= 0.6 is 0 Å². The van der Waals surface area contributed by atoms with Crippen molar-refractivity contribution in [3.05, 3.63) is 60.2 Å². The first-order chi connectivity index (χ1) is 13.5. The summed E-state index contributed by atoms with van der Waals surface area (Å²) >= 11 is 0. The van der Waals surface area contributed by atoms with Gasteiger partial charge in [0.2, 0.25) is 0 Å². The van der Waals surface area contributed by atoms with Crippen LogP contribution in [0.5, 0.6) is 17.2 Å². The Hall–Kier alpha value is -3.81. The number of rotatable bonds is 7. The Morgan fingerprint density at radius 3 is 2.64 bits per heavy atom. The van der Waals surface area contributed by atoms with Crippen molar-refractivity contribution in [3.8, 4) is 17.2 Å². The number of amides is 2. The molecule has 2 amide bonds. The molecule has 8 nitrogen and oxygen atoms in total. The summed E-state index contributed by atoms with van der Waals surface area (Å²) in [5, 5.41) is 16.3. The van der Waals surface area contributed by atoms with Crippen LogP contribution in [0.1, 0.15) is 11.1 Å².